The molecule has 80 valence electrons. The highest BCUT2D eigenvalue weighted by atomic mass is 16.4. The Hall–Kier alpha value is -1.10. The second kappa shape index (κ2) is 4.95. The van der Waals surface area contributed by atoms with Gasteiger partial charge in [-0.2, -0.15) is 0 Å². The summed E-state index contributed by atoms with van der Waals surface area (Å²) >= 11 is 0. The van der Waals surface area contributed by atoms with Crippen LogP contribution in [0.1, 0.15) is 26.2 Å². The third-order valence-corrected chi connectivity index (χ3v) is 2.17. The van der Waals surface area contributed by atoms with Crippen LogP contribution in [0.5, 0.6) is 0 Å². The lowest BCUT2D eigenvalue weighted by molar-refractivity contribution is -0.141. The Kier molecular flexibility index (Phi) is 3.88. The highest BCUT2D eigenvalue weighted by molar-refractivity contribution is 5.84. The lowest BCUT2D eigenvalue weighted by atomic mass is 10.2. The molecular weight excluding hydrogens is 184 g/mol. The maximum atomic E-state index is 11.2. The van der Waals surface area contributed by atoms with Gasteiger partial charge in [-0.1, -0.05) is 6.92 Å². The minimum Gasteiger partial charge on any atom is -0.480 e. The molecule has 0 aromatic rings. The molecule has 1 aliphatic rings. The summed E-state index contributed by atoms with van der Waals surface area (Å²) in [5.41, 5.74) is 0. The Balaban J connectivity index is 2.19. The molecule has 1 atom stereocenters. The molecule has 0 radical (unpaired) electrons. The van der Waals surface area contributed by atoms with E-state index in [2.05, 4.69) is 10.6 Å². The van der Waals surface area contributed by atoms with Crippen LogP contribution < -0.4 is 10.6 Å². The fraction of sp³-hybridized carbons (Fsp3) is 0.778. The molecule has 14 heavy (non-hydrogen) atoms. The van der Waals surface area contributed by atoms with E-state index in [0.29, 0.717) is 12.5 Å². The van der Waals surface area contributed by atoms with Crippen molar-refractivity contribution in [3.05, 3.63) is 0 Å². The molecule has 0 spiro atoms. The number of aliphatic carboxylic acids is 1. The third kappa shape index (κ3) is 3.74. The van der Waals surface area contributed by atoms with E-state index >= 15 is 0 Å². The maximum Gasteiger partial charge on any atom is 0.326 e. The number of carboxylic acid groups (broad SMARTS) is 1. The van der Waals surface area contributed by atoms with Gasteiger partial charge in [0.1, 0.15) is 6.04 Å². The Labute approximate surface area is 82.9 Å². The smallest absolute Gasteiger partial charge is 0.326 e. The zero-order valence-electron chi connectivity index (χ0n) is 8.25. The number of hydrogen-bond acceptors (Lipinski definition) is 3. The first kappa shape index (κ1) is 11.0. The minimum absolute atomic E-state index is 0.217. The van der Waals surface area contributed by atoms with Crippen LogP contribution in [0.15, 0.2) is 0 Å². The van der Waals surface area contributed by atoms with E-state index in [4.69, 9.17) is 5.11 Å². The van der Waals surface area contributed by atoms with Crippen molar-refractivity contribution in [2.45, 2.75) is 38.3 Å². The summed E-state index contributed by atoms with van der Waals surface area (Å²) in [5.74, 6) is -1.22. The lowest BCUT2D eigenvalue weighted by Gasteiger charge is -2.12. The molecule has 0 saturated heterocycles. The van der Waals surface area contributed by atoms with Crippen molar-refractivity contribution in [1.29, 1.82) is 0 Å². The third-order valence-electron chi connectivity index (χ3n) is 2.17. The van der Waals surface area contributed by atoms with Crippen molar-refractivity contribution in [3.8, 4) is 0 Å². The number of carboxylic acids is 1. The van der Waals surface area contributed by atoms with Gasteiger partial charge in [0.2, 0.25) is 5.91 Å². The van der Waals surface area contributed by atoms with Gasteiger partial charge in [0.05, 0.1) is 6.54 Å². The first-order valence-corrected chi connectivity index (χ1v) is 4.89. The highest BCUT2D eigenvalue weighted by Gasteiger charge is 2.22. The molecule has 0 bridgehead atoms. The van der Waals surface area contributed by atoms with Crippen LogP contribution in [0.4, 0.5) is 0 Å². The van der Waals surface area contributed by atoms with Crippen LogP contribution in [0.3, 0.4) is 0 Å². The first-order chi connectivity index (χ1) is 6.63. The van der Waals surface area contributed by atoms with E-state index < -0.39 is 12.0 Å². The molecule has 0 heterocycles. The number of rotatable bonds is 6. The molecule has 1 rings (SSSR count). The van der Waals surface area contributed by atoms with Gasteiger partial charge in [0.25, 0.3) is 0 Å². The average molecular weight is 200 g/mol. The Morgan fingerprint density at radius 3 is 2.57 bits per heavy atom. The van der Waals surface area contributed by atoms with Crippen molar-refractivity contribution in [1.82, 2.24) is 10.6 Å². The van der Waals surface area contributed by atoms with E-state index in [9.17, 15) is 9.59 Å². The molecule has 1 saturated carbocycles. The molecule has 1 fully saturated rings. The van der Waals surface area contributed by atoms with Gasteiger partial charge in [-0.05, 0) is 19.3 Å². The van der Waals surface area contributed by atoms with E-state index in [1.807, 2.05) is 0 Å². The fourth-order valence-corrected chi connectivity index (χ4v) is 1.11. The van der Waals surface area contributed by atoms with Crippen molar-refractivity contribution < 1.29 is 14.7 Å². The number of amides is 1. The SMILES string of the molecule is CC[C@@H](NC(=O)CNC1CC1)C(=O)O. The van der Waals surface area contributed by atoms with Gasteiger partial charge in [-0.15, -0.1) is 0 Å². The zero-order chi connectivity index (χ0) is 10.6. The predicted octanol–water partition coefficient (Wildman–Crippen LogP) is -0.282. The summed E-state index contributed by atoms with van der Waals surface area (Å²) in [5, 5.41) is 14.1. The molecule has 0 aromatic heterocycles. The van der Waals surface area contributed by atoms with Crippen LogP contribution in [0, 0.1) is 0 Å². The van der Waals surface area contributed by atoms with Crippen LogP contribution >= 0.6 is 0 Å². The largest absolute Gasteiger partial charge is 0.480 e. The standard InChI is InChI=1S/C9H16N2O3/c1-2-7(9(13)14)11-8(12)5-10-6-3-4-6/h6-7,10H,2-5H2,1H3,(H,11,12)(H,13,14)/t7-/m1/s1. The second-order valence-corrected chi connectivity index (χ2v) is 3.52. The first-order valence-electron chi connectivity index (χ1n) is 4.89. The molecule has 0 aliphatic heterocycles. The summed E-state index contributed by atoms with van der Waals surface area (Å²) < 4.78 is 0. The summed E-state index contributed by atoms with van der Waals surface area (Å²) in [6.45, 7) is 1.95. The van der Waals surface area contributed by atoms with Crippen LogP contribution in [-0.2, 0) is 9.59 Å². The van der Waals surface area contributed by atoms with Gasteiger partial charge in [0.15, 0.2) is 0 Å². The van der Waals surface area contributed by atoms with Gasteiger partial charge in [0, 0.05) is 6.04 Å². The van der Waals surface area contributed by atoms with E-state index in [-0.39, 0.29) is 12.5 Å². The quantitative estimate of drug-likeness (QED) is 0.551. The van der Waals surface area contributed by atoms with Gasteiger partial charge >= 0.3 is 5.97 Å². The second-order valence-electron chi connectivity index (χ2n) is 3.52. The van der Waals surface area contributed by atoms with Crippen molar-refractivity contribution in [3.63, 3.8) is 0 Å². The number of hydrogen-bond donors (Lipinski definition) is 3. The number of carbonyl (C=O) groups is 2. The highest BCUT2D eigenvalue weighted by Crippen LogP contribution is 2.17. The molecule has 0 unspecified atom stereocenters. The normalized spacial score (nSPS) is 17.5. The van der Waals surface area contributed by atoms with Gasteiger partial charge < -0.3 is 15.7 Å². The van der Waals surface area contributed by atoms with Crippen molar-refractivity contribution >= 4 is 11.9 Å². The molecule has 1 aliphatic carbocycles. The van der Waals surface area contributed by atoms with Crippen LogP contribution in [0.2, 0.25) is 0 Å². The predicted molar refractivity (Wildman–Crippen MR) is 50.9 cm³/mol. The zero-order valence-corrected chi connectivity index (χ0v) is 8.25. The maximum absolute atomic E-state index is 11.2. The van der Waals surface area contributed by atoms with Crippen LogP contribution in [0.25, 0.3) is 0 Å². The van der Waals surface area contributed by atoms with Crippen LogP contribution in [-0.4, -0.2) is 35.6 Å². The lowest BCUT2D eigenvalue weighted by Crippen LogP contribution is -2.44. The van der Waals surface area contributed by atoms with Crippen molar-refractivity contribution in [2.24, 2.45) is 0 Å². The topological polar surface area (TPSA) is 78.4 Å². The Morgan fingerprint density at radius 2 is 2.14 bits per heavy atom. The van der Waals surface area contributed by atoms with E-state index in [0.717, 1.165) is 12.8 Å². The Bertz CT molecular complexity index is 226. The summed E-state index contributed by atoms with van der Waals surface area (Å²) in [7, 11) is 0. The summed E-state index contributed by atoms with van der Waals surface area (Å²) in [6, 6.07) is -0.297. The molecule has 3 N–H and O–H groups in total. The summed E-state index contributed by atoms with van der Waals surface area (Å²) in [6.07, 6.45) is 2.64. The molecule has 1 amide bonds. The number of carbonyl (C=O) groups excluding carboxylic acids is 1. The number of nitrogens with one attached hydrogen (secondary N) is 2. The molecule has 5 nitrogen and oxygen atoms in total. The van der Waals surface area contributed by atoms with Crippen molar-refractivity contribution in [2.75, 3.05) is 6.54 Å². The Morgan fingerprint density at radius 1 is 1.50 bits per heavy atom. The average Bonchev–Trinajstić information content (AvgIpc) is 2.93. The van der Waals surface area contributed by atoms with Gasteiger partial charge in [-0.3, -0.25) is 4.79 Å². The summed E-state index contributed by atoms with van der Waals surface area (Å²) in [4.78, 5) is 21.8. The van der Waals surface area contributed by atoms with Gasteiger partial charge in [-0.25, -0.2) is 4.79 Å². The molecule has 0 aromatic carbocycles. The minimum atomic E-state index is -0.979. The van der Waals surface area contributed by atoms with E-state index in [1.165, 1.54) is 0 Å². The van der Waals surface area contributed by atoms with E-state index in [1.54, 1.807) is 6.92 Å². The monoisotopic (exact) mass is 200 g/mol. The molecule has 5 heteroatoms. The molecular formula is C9H16N2O3. The fourth-order valence-electron chi connectivity index (χ4n) is 1.11.